The van der Waals surface area contributed by atoms with Crippen LogP contribution < -0.4 is 4.74 Å². The fourth-order valence-electron chi connectivity index (χ4n) is 1.58. The second-order valence-corrected chi connectivity index (χ2v) is 3.60. The first kappa shape index (κ1) is 12.4. The highest BCUT2D eigenvalue weighted by molar-refractivity contribution is 5.66. The van der Waals surface area contributed by atoms with Crippen molar-refractivity contribution in [2.45, 2.75) is 0 Å². The topological polar surface area (TPSA) is 9.23 Å². The van der Waals surface area contributed by atoms with Gasteiger partial charge in [0.1, 0.15) is 11.6 Å². The summed E-state index contributed by atoms with van der Waals surface area (Å²) in [6, 6.07) is 5.27. The Kier molecular flexibility index (Phi) is 3.23. The Morgan fingerprint density at radius 1 is 0.889 bits per heavy atom. The minimum atomic E-state index is -1.59. The van der Waals surface area contributed by atoms with Gasteiger partial charge in [0.25, 0.3) is 0 Å². The highest BCUT2D eigenvalue weighted by Crippen LogP contribution is 2.29. The van der Waals surface area contributed by atoms with Gasteiger partial charge in [-0.2, -0.15) is 0 Å². The minimum Gasteiger partial charge on any atom is -0.497 e. The lowest BCUT2D eigenvalue weighted by Gasteiger charge is -2.07. The molecule has 2 aromatic rings. The van der Waals surface area contributed by atoms with Crippen LogP contribution in [0.3, 0.4) is 0 Å². The van der Waals surface area contributed by atoms with Gasteiger partial charge in [0, 0.05) is 11.6 Å². The van der Waals surface area contributed by atoms with E-state index in [1.807, 2.05) is 0 Å². The molecule has 0 unspecified atom stereocenters. The second-order valence-electron chi connectivity index (χ2n) is 3.60. The summed E-state index contributed by atoms with van der Waals surface area (Å²) in [4.78, 5) is 0. The van der Waals surface area contributed by atoms with E-state index in [1.165, 1.54) is 13.2 Å². The Morgan fingerprint density at radius 3 is 2.28 bits per heavy atom. The van der Waals surface area contributed by atoms with Crippen LogP contribution >= 0.6 is 0 Å². The van der Waals surface area contributed by atoms with E-state index in [1.54, 1.807) is 0 Å². The molecule has 0 aliphatic carbocycles. The first-order valence-electron chi connectivity index (χ1n) is 5.01. The Balaban J connectivity index is 2.62. The molecule has 0 atom stereocenters. The van der Waals surface area contributed by atoms with Crippen LogP contribution in [-0.4, -0.2) is 7.11 Å². The number of halogens is 4. The van der Waals surface area contributed by atoms with E-state index in [4.69, 9.17) is 4.74 Å². The van der Waals surface area contributed by atoms with Gasteiger partial charge in [0.2, 0.25) is 0 Å². The summed E-state index contributed by atoms with van der Waals surface area (Å²) < 4.78 is 57.5. The van der Waals surface area contributed by atoms with E-state index >= 15 is 0 Å². The summed E-state index contributed by atoms with van der Waals surface area (Å²) in [6.45, 7) is 0. The molecule has 94 valence electrons. The summed E-state index contributed by atoms with van der Waals surface area (Å²) in [5.74, 6) is -4.74. The van der Waals surface area contributed by atoms with Crippen LogP contribution in [0.25, 0.3) is 11.1 Å². The van der Waals surface area contributed by atoms with E-state index in [9.17, 15) is 17.6 Å². The fraction of sp³-hybridized carbons (Fsp3) is 0.0769. The summed E-state index contributed by atoms with van der Waals surface area (Å²) in [6.07, 6.45) is 0. The molecule has 0 aliphatic rings. The zero-order valence-electron chi connectivity index (χ0n) is 9.31. The van der Waals surface area contributed by atoms with Crippen molar-refractivity contribution in [2.24, 2.45) is 0 Å². The predicted molar refractivity (Wildman–Crippen MR) is 58.3 cm³/mol. The Hall–Kier alpha value is -2.04. The van der Waals surface area contributed by atoms with Crippen molar-refractivity contribution >= 4 is 0 Å². The maximum atomic E-state index is 13.5. The number of ether oxygens (including phenoxy) is 1. The van der Waals surface area contributed by atoms with Gasteiger partial charge >= 0.3 is 0 Å². The van der Waals surface area contributed by atoms with E-state index in [0.29, 0.717) is 0 Å². The largest absolute Gasteiger partial charge is 0.497 e. The molecule has 5 heteroatoms. The van der Waals surface area contributed by atoms with Crippen molar-refractivity contribution in [3.8, 4) is 16.9 Å². The Morgan fingerprint density at radius 2 is 1.61 bits per heavy atom. The lowest BCUT2D eigenvalue weighted by molar-refractivity contribution is 0.411. The maximum absolute atomic E-state index is 13.5. The van der Waals surface area contributed by atoms with Gasteiger partial charge in [0.05, 0.1) is 7.11 Å². The van der Waals surface area contributed by atoms with E-state index in [2.05, 4.69) is 0 Å². The van der Waals surface area contributed by atoms with Crippen molar-refractivity contribution in [1.29, 1.82) is 0 Å². The molecule has 0 saturated heterocycles. The molecule has 0 spiro atoms. The quantitative estimate of drug-likeness (QED) is 0.584. The maximum Gasteiger partial charge on any atom is 0.195 e. The van der Waals surface area contributed by atoms with Crippen molar-refractivity contribution in [2.75, 3.05) is 7.11 Å². The van der Waals surface area contributed by atoms with Crippen molar-refractivity contribution < 1.29 is 22.3 Å². The average molecular weight is 256 g/mol. The summed E-state index contributed by atoms with van der Waals surface area (Å²) >= 11 is 0. The van der Waals surface area contributed by atoms with Crippen LogP contribution in [0.4, 0.5) is 17.6 Å². The SMILES string of the molecule is COc1cc(F)cc(-c2ccc(F)c(F)c2F)c1. The highest BCUT2D eigenvalue weighted by Gasteiger charge is 2.15. The predicted octanol–water partition coefficient (Wildman–Crippen LogP) is 3.92. The lowest BCUT2D eigenvalue weighted by atomic mass is 10.0. The molecular formula is C13H8F4O. The van der Waals surface area contributed by atoms with E-state index < -0.39 is 23.3 Å². The molecule has 0 bridgehead atoms. The number of hydrogen-bond donors (Lipinski definition) is 0. The third-order valence-corrected chi connectivity index (χ3v) is 2.45. The molecule has 2 rings (SSSR count). The van der Waals surface area contributed by atoms with Crippen LogP contribution in [0.15, 0.2) is 30.3 Å². The number of benzene rings is 2. The van der Waals surface area contributed by atoms with Gasteiger partial charge in [-0.3, -0.25) is 0 Å². The standard InChI is InChI=1S/C13H8F4O/c1-18-9-5-7(4-8(14)6-9)10-2-3-11(15)13(17)12(10)16/h2-6H,1H3. The second kappa shape index (κ2) is 4.68. The Bertz CT molecular complexity index is 596. The number of rotatable bonds is 2. The van der Waals surface area contributed by atoms with Gasteiger partial charge in [-0.25, -0.2) is 17.6 Å². The van der Waals surface area contributed by atoms with Gasteiger partial charge in [-0.15, -0.1) is 0 Å². The molecule has 0 saturated carbocycles. The van der Waals surface area contributed by atoms with Crippen LogP contribution in [0, 0.1) is 23.3 Å². The van der Waals surface area contributed by atoms with Crippen molar-refractivity contribution in [3.05, 3.63) is 53.6 Å². The van der Waals surface area contributed by atoms with Crippen LogP contribution in [0.5, 0.6) is 5.75 Å². The summed E-state index contributed by atoms with van der Waals surface area (Å²) in [7, 11) is 1.32. The van der Waals surface area contributed by atoms with Crippen molar-refractivity contribution in [3.63, 3.8) is 0 Å². The summed E-state index contributed by atoms with van der Waals surface area (Å²) in [5.41, 5.74) is -0.157. The van der Waals surface area contributed by atoms with Crippen LogP contribution in [0.2, 0.25) is 0 Å². The molecule has 0 heterocycles. The molecule has 0 N–H and O–H groups in total. The molecule has 0 fully saturated rings. The molecule has 0 aromatic heterocycles. The molecule has 0 aliphatic heterocycles. The van der Waals surface area contributed by atoms with Gasteiger partial charge < -0.3 is 4.74 Å². The average Bonchev–Trinajstić information content (AvgIpc) is 2.35. The number of methoxy groups -OCH3 is 1. The third-order valence-electron chi connectivity index (χ3n) is 2.45. The lowest BCUT2D eigenvalue weighted by Crippen LogP contribution is -1.95. The number of hydrogen-bond acceptors (Lipinski definition) is 1. The normalized spacial score (nSPS) is 10.5. The van der Waals surface area contributed by atoms with E-state index in [0.717, 1.165) is 24.3 Å². The fourth-order valence-corrected chi connectivity index (χ4v) is 1.58. The monoisotopic (exact) mass is 256 g/mol. The van der Waals surface area contributed by atoms with Crippen LogP contribution in [0.1, 0.15) is 0 Å². The smallest absolute Gasteiger partial charge is 0.195 e. The molecule has 0 amide bonds. The van der Waals surface area contributed by atoms with E-state index in [-0.39, 0.29) is 16.9 Å². The molecule has 18 heavy (non-hydrogen) atoms. The third kappa shape index (κ3) is 2.16. The minimum absolute atomic E-state index is 0.0725. The first-order chi connectivity index (χ1) is 8.52. The zero-order chi connectivity index (χ0) is 13.3. The summed E-state index contributed by atoms with van der Waals surface area (Å²) in [5, 5.41) is 0. The van der Waals surface area contributed by atoms with Crippen molar-refractivity contribution in [1.82, 2.24) is 0 Å². The zero-order valence-corrected chi connectivity index (χ0v) is 9.31. The first-order valence-corrected chi connectivity index (χ1v) is 5.01. The van der Waals surface area contributed by atoms with Gasteiger partial charge in [-0.05, 0) is 29.8 Å². The molecule has 1 nitrogen and oxygen atoms in total. The molecular weight excluding hydrogens is 248 g/mol. The molecule has 2 aromatic carbocycles. The highest BCUT2D eigenvalue weighted by atomic mass is 19.2. The van der Waals surface area contributed by atoms with Gasteiger partial charge in [0.15, 0.2) is 17.5 Å². The van der Waals surface area contributed by atoms with Crippen LogP contribution in [-0.2, 0) is 0 Å². The molecule has 0 radical (unpaired) electrons. The van der Waals surface area contributed by atoms with Gasteiger partial charge in [-0.1, -0.05) is 0 Å². The Labute approximate surface area is 101 Å².